The fourth-order valence-corrected chi connectivity index (χ4v) is 4.11. The molecular formula is C17H21F3N2. The molecule has 3 fully saturated rings. The van der Waals surface area contributed by atoms with Crippen LogP contribution in [-0.2, 0) is 6.18 Å². The molecule has 0 amide bonds. The van der Waals surface area contributed by atoms with Crippen LogP contribution in [0.15, 0.2) is 24.3 Å². The molecular weight excluding hydrogens is 289 g/mol. The van der Waals surface area contributed by atoms with Gasteiger partial charge in [-0.1, -0.05) is 12.8 Å². The third kappa shape index (κ3) is 2.49. The second kappa shape index (κ2) is 4.88. The summed E-state index contributed by atoms with van der Waals surface area (Å²) in [6.45, 7) is 0.930. The fourth-order valence-electron chi connectivity index (χ4n) is 4.11. The summed E-state index contributed by atoms with van der Waals surface area (Å²) >= 11 is 0. The lowest BCUT2D eigenvalue weighted by Crippen LogP contribution is -2.64. The zero-order valence-corrected chi connectivity index (χ0v) is 12.5. The van der Waals surface area contributed by atoms with Crippen molar-refractivity contribution in [2.75, 3.05) is 11.4 Å². The monoisotopic (exact) mass is 310 g/mol. The molecule has 22 heavy (non-hydrogen) atoms. The molecule has 0 bridgehead atoms. The summed E-state index contributed by atoms with van der Waals surface area (Å²) in [7, 11) is 0. The molecule has 0 unspecified atom stereocenters. The summed E-state index contributed by atoms with van der Waals surface area (Å²) in [5, 5.41) is 3.82. The van der Waals surface area contributed by atoms with Crippen molar-refractivity contribution in [3.8, 4) is 0 Å². The molecule has 0 radical (unpaired) electrons. The van der Waals surface area contributed by atoms with Gasteiger partial charge in [0.15, 0.2) is 0 Å². The van der Waals surface area contributed by atoms with Gasteiger partial charge < -0.3 is 10.2 Å². The molecule has 2 aliphatic carbocycles. The van der Waals surface area contributed by atoms with Gasteiger partial charge in [-0.15, -0.1) is 0 Å². The Balaban J connectivity index is 1.61. The van der Waals surface area contributed by atoms with Crippen LogP contribution in [0.2, 0.25) is 0 Å². The van der Waals surface area contributed by atoms with Crippen molar-refractivity contribution in [1.82, 2.24) is 5.32 Å². The number of nitrogens with one attached hydrogen (secondary N) is 1. The van der Waals surface area contributed by atoms with E-state index >= 15 is 0 Å². The first-order valence-electron chi connectivity index (χ1n) is 8.19. The van der Waals surface area contributed by atoms with Crippen molar-refractivity contribution in [3.63, 3.8) is 0 Å². The van der Waals surface area contributed by atoms with Crippen LogP contribution in [0.5, 0.6) is 0 Å². The van der Waals surface area contributed by atoms with E-state index in [9.17, 15) is 13.2 Å². The third-order valence-electron chi connectivity index (χ3n) is 5.47. The Labute approximate surface area is 128 Å². The van der Waals surface area contributed by atoms with Crippen LogP contribution in [-0.4, -0.2) is 24.2 Å². The molecule has 1 aliphatic heterocycles. The first-order valence-corrected chi connectivity index (χ1v) is 8.19. The quantitative estimate of drug-likeness (QED) is 0.844. The zero-order chi connectivity index (χ0) is 15.4. The maximum Gasteiger partial charge on any atom is 0.416 e. The highest BCUT2D eigenvalue weighted by molar-refractivity contribution is 5.51. The lowest BCUT2D eigenvalue weighted by molar-refractivity contribution is -0.137. The fraction of sp³-hybridized carbons (Fsp3) is 0.647. The number of hydrogen-bond donors (Lipinski definition) is 1. The summed E-state index contributed by atoms with van der Waals surface area (Å²) in [5.41, 5.74) is 0.603. The molecule has 1 spiro atoms. The van der Waals surface area contributed by atoms with Crippen molar-refractivity contribution in [2.45, 2.75) is 62.3 Å². The normalized spacial score (nSPS) is 30.2. The number of benzene rings is 1. The Kier molecular flexibility index (Phi) is 3.19. The van der Waals surface area contributed by atoms with Crippen molar-refractivity contribution >= 4 is 5.69 Å². The van der Waals surface area contributed by atoms with Crippen molar-refractivity contribution in [2.24, 2.45) is 0 Å². The van der Waals surface area contributed by atoms with E-state index in [1.54, 1.807) is 12.1 Å². The number of fused-ring (bicyclic) bond motifs is 1. The molecule has 2 saturated carbocycles. The lowest BCUT2D eigenvalue weighted by atomic mass is 9.85. The van der Waals surface area contributed by atoms with Gasteiger partial charge in [-0.2, -0.15) is 13.2 Å². The second-order valence-corrected chi connectivity index (χ2v) is 7.06. The SMILES string of the molecule is FC(F)(F)c1ccc(N2CC3(CC3)N[C@@H]3CCCC[C@H]32)cc1. The predicted molar refractivity (Wildman–Crippen MR) is 79.9 cm³/mol. The van der Waals surface area contributed by atoms with Gasteiger partial charge in [0.05, 0.1) is 5.56 Å². The molecule has 4 rings (SSSR count). The molecule has 1 N–H and O–H groups in total. The molecule has 1 saturated heterocycles. The minimum atomic E-state index is -4.26. The number of rotatable bonds is 1. The highest BCUT2D eigenvalue weighted by atomic mass is 19.4. The minimum absolute atomic E-state index is 0.223. The van der Waals surface area contributed by atoms with Gasteiger partial charge in [-0.25, -0.2) is 0 Å². The standard InChI is InChI=1S/C17H21F3N2/c18-17(19,20)12-5-7-13(8-6-12)22-11-16(9-10-16)21-14-3-1-2-4-15(14)22/h5-8,14-15,21H,1-4,9-11H2/t14-,15-/m1/s1. The first-order chi connectivity index (χ1) is 10.5. The molecule has 1 heterocycles. The summed E-state index contributed by atoms with van der Waals surface area (Å²) in [5.74, 6) is 0. The van der Waals surface area contributed by atoms with Gasteiger partial charge in [0.1, 0.15) is 0 Å². The number of piperazine rings is 1. The molecule has 1 aromatic rings. The van der Waals surface area contributed by atoms with Crippen LogP contribution >= 0.6 is 0 Å². The van der Waals surface area contributed by atoms with E-state index in [0.29, 0.717) is 12.1 Å². The van der Waals surface area contributed by atoms with E-state index in [0.717, 1.165) is 18.7 Å². The maximum atomic E-state index is 12.7. The summed E-state index contributed by atoms with van der Waals surface area (Å²) in [6, 6.07) is 6.65. The molecule has 2 nitrogen and oxygen atoms in total. The van der Waals surface area contributed by atoms with Crippen LogP contribution in [0, 0.1) is 0 Å². The van der Waals surface area contributed by atoms with Gasteiger partial charge in [0.2, 0.25) is 0 Å². The van der Waals surface area contributed by atoms with Crippen LogP contribution in [0.3, 0.4) is 0 Å². The van der Waals surface area contributed by atoms with Crippen LogP contribution in [0.25, 0.3) is 0 Å². The number of halogens is 3. The predicted octanol–water partition coefficient (Wildman–Crippen LogP) is 3.96. The number of hydrogen-bond acceptors (Lipinski definition) is 2. The Morgan fingerprint density at radius 2 is 1.73 bits per heavy atom. The van der Waals surface area contributed by atoms with Gasteiger partial charge in [-0.3, -0.25) is 0 Å². The van der Waals surface area contributed by atoms with Crippen LogP contribution < -0.4 is 10.2 Å². The number of nitrogens with zero attached hydrogens (tertiary/aromatic N) is 1. The Bertz CT molecular complexity index is 548. The zero-order valence-electron chi connectivity index (χ0n) is 12.5. The highest BCUT2D eigenvalue weighted by Gasteiger charge is 2.51. The summed E-state index contributed by atoms with van der Waals surface area (Å²) in [4.78, 5) is 2.37. The van der Waals surface area contributed by atoms with Gasteiger partial charge >= 0.3 is 6.18 Å². The average Bonchev–Trinajstić information content (AvgIpc) is 3.24. The van der Waals surface area contributed by atoms with E-state index in [-0.39, 0.29) is 5.54 Å². The van der Waals surface area contributed by atoms with Gasteiger partial charge in [-0.05, 0) is 49.9 Å². The van der Waals surface area contributed by atoms with Gasteiger partial charge in [0, 0.05) is 29.9 Å². The number of anilines is 1. The Morgan fingerprint density at radius 1 is 1.05 bits per heavy atom. The second-order valence-electron chi connectivity index (χ2n) is 7.06. The summed E-state index contributed by atoms with van der Waals surface area (Å²) in [6.07, 6.45) is 2.91. The van der Waals surface area contributed by atoms with Crippen LogP contribution in [0.4, 0.5) is 18.9 Å². The molecule has 1 aromatic carbocycles. The smallest absolute Gasteiger partial charge is 0.365 e. The van der Waals surface area contributed by atoms with E-state index in [2.05, 4.69) is 10.2 Å². The topological polar surface area (TPSA) is 15.3 Å². The number of alkyl halides is 3. The largest absolute Gasteiger partial charge is 0.416 e. The minimum Gasteiger partial charge on any atom is -0.365 e. The van der Waals surface area contributed by atoms with E-state index in [4.69, 9.17) is 0 Å². The maximum absolute atomic E-state index is 12.7. The van der Waals surface area contributed by atoms with E-state index in [1.807, 2.05) is 0 Å². The molecule has 0 aromatic heterocycles. The Hall–Kier alpha value is -1.23. The van der Waals surface area contributed by atoms with Crippen LogP contribution in [0.1, 0.15) is 44.1 Å². The van der Waals surface area contributed by atoms with E-state index in [1.165, 1.54) is 44.2 Å². The van der Waals surface area contributed by atoms with Crippen molar-refractivity contribution in [1.29, 1.82) is 0 Å². The van der Waals surface area contributed by atoms with Crippen molar-refractivity contribution in [3.05, 3.63) is 29.8 Å². The summed E-state index contributed by atoms with van der Waals surface area (Å²) < 4.78 is 38.2. The average molecular weight is 310 g/mol. The highest BCUT2D eigenvalue weighted by Crippen LogP contribution is 2.44. The lowest BCUT2D eigenvalue weighted by Gasteiger charge is -2.49. The molecule has 2 atom stereocenters. The van der Waals surface area contributed by atoms with Crippen molar-refractivity contribution < 1.29 is 13.2 Å². The first kappa shape index (κ1) is 14.4. The van der Waals surface area contributed by atoms with Gasteiger partial charge in [0.25, 0.3) is 0 Å². The molecule has 5 heteroatoms. The third-order valence-corrected chi connectivity index (χ3v) is 5.47. The Morgan fingerprint density at radius 3 is 2.36 bits per heavy atom. The van der Waals surface area contributed by atoms with E-state index < -0.39 is 11.7 Å². The molecule has 3 aliphatic rings. The molecule has 120 valence electrons.